The maximum Gasteiger partial charge on any atom is 0.305 e. The number of halogens is 1. The van der Waals surface area contributed by atoms with Gasteiger partial charge < -0.3 is 10.5 Å². The van der Waals surface area contributed by atoms with Gasteiger partial charge in [0, 0.05) is 18.1 Å². The summed E-state index contributed by atoms with van der Waals surface area (Å²) in [7, 11) is 0. The molecule has 0 fully saturated rings. The molecule has 0 heterocycles. The van der Waals surface area contributed by atoms with Crippen LogP contribution in [0.1, 0.15) is 6.92 Å². The highest BCUT2D eigenvalue weighted by atomic mass is 19.1. The van der Waals surface area contributed by atoms with Crippen LogP contribution in [0.15, 0.2) is 18.2 Å². The molecule has 6 heteroatoms. The van der Waals surface area contributed by atoms with Crippen LogP contribution in [0.5, 0.6) is 5.75 Å². The summed E-state index contributed by atoms with van der Waals surface area (Å²) < 4.78 is 18.4. The lowest BCUT2D eigenvalue weighted by Crippen LogP contribution is -2.18. The lowest BCUT2D eigenvalue weighted by atomic mass is 10.2. The van der Waals surface area contributed by atoms with Crippen molar-refractivity contribution in [2.24, 2.45) is 11.7 Å². The van der Waals surface area contributed by atoms with E-state index in [1.165, 1.54) is 6.07 Å². The van der Waals surface area contributed by atoms with E-state index in [-0.39, 0.29) is 11.7 Å². The van der Waals surface area contributed by atoms with Gasteiger partial charge in [-0.05, 0) is 12.6 Å². The largest absolute Gasteiger partial charge is 0.493 e. The molecular formula is C10H13FN2O3. The van der Waals surface area contributed by atoms with Crippen LogP contribution in [0.25, 0.3) is 0 Å². The SMILES string of the molecule is CC(CN)COc1ccc([N+](=O)[O-])c(F)c1. The van der Waals surface area contributed by atoms with Crippen molar-refractivity contribution >= 4 is 5.69 Å². The third-order valence-corrected chi connectivity index (χ3v) is 2.05. The number of rotatable bonds is 5. The third-order valence-electron chi connectivity index (χ3n) is 2.05. The van der Waals surface area contributed by atoms with Crippen LogP contribution in [-0.2, 0) is 0 Å². The molecule has 88 valence electrons. The van der Waals surface area contributed by atoms with Gasteiger partial charge in [0.1, 0.15) is 5.75 Å². The molecule has 0 saturated carbocycles. The Kier molecular flexibility index (Phi) is 4.19. The van der Waals surface area contributed by atoms with Gasteiger partial charge in [0.2, 0.25) is 5.82 Å². The van der Waals surface area contributed by atoms with Gasteiger partial charge >= 0.3 is 5.69 Å². The van der Waals surface area contributed by atoms with E-state index in [4.69, 9.17) is 10.5 Å². The molecule has 0 radical (unpaired) electrons. The molecule has 0 spiro atoms. The van der Waals surface area contributed by atoms with Crippen molar-refractivity contribution < 1.29 is 14.1 Å². The van der Waals surface area contributed by atoms with Crippen LogP contribution in [0.4, 0.5) is 10.1 Å². The van der Waals surface area contributed by atoms with Gasteiger partial charge in [0.15, 0.2) is 0 Å². The van der Waals surface area contributed by atoms with Crippen molar-refractivity contribution in [3.05, 3.63) is 34.1 Å². The Morgan fingerprint density at radius 2 is 2.31 bits per heavy atom. The lowest BCUT2D eigenvalue weighted by Gasteiger charge is -2.10. The predicted molar refractivity (Wildman–Crippen MR) is 56.8 cm³/mol. The van der Waals surface area contributed by atoms with Gasteiger partial charge in [-0.2, -0.15) is 4.39 Å². The molecule has 0 aliphatic rings. The molecular weight excluding hydrogens is 215 g/mol. The lowest BCUT2D eigenvalue weighted by molar-refractivity contribution is -0.387. The molecule has 1 rings (SSSR count). The number of nitrogens with two attached hydrogens (primary N) is 1. The Hall–Kier alpha value is -1.69. The zero-order valence-corrected chi connectivity index (χ0v) is 8.85. The maximum atomic E-state index is 13.2. The Labute approximate surface area is 92.2 Å². The van der Waals surface area contributed by atoms with Gasteiger partial charge in [-0.25, -0.2) is 0 Å². The molecule has 2 N–H and O–H groups in total. The van der Waals surface area contributed by atoms with E-state index >= 15 is 0 Å². The van der Waals surface area contributed by atoms with Crippen LogP contribution < -0.4 is 10.5 Å². The number of hydrogen-bond acceptors (Lipinski definition) is 4. The standard InChI is InChI=1S/C10H13FN2O3/c1-7(5-12)6-16-8-2-3-10(13(14)15)9(11)4-8/h2-4,7H,5-6,12H2,1H3. The van der Waals surface area contributed by atoms with Crippen molar-refractivity contribution in [2.45, 2.75) is 6.92 Å². The van der Waals surface area contributed by atoms with Crippen LogP contribution in [0.3, 0.4) is 0 Å². The van der Waals surface area contributed by atoms with Crippen molar-refractivity contribution in [1.82, 2.24) is 0 Å². The Balaban J connectivity index is 2.70. The predicted octanol–water partition coefficient (Wildman–Crippen LogP) is 1.71. The van der Waals surface area contributed by atoms with Crippen molar-refractivity contribution in [3.63, 3.8) is 0 Å². The summed E-state index contributed by atoms with van der Waals surface area (Å²) in [5.41, 5.74) is 4.83. The summed E-state index contributed by atoms with van der Waals surface area (Å²) >= 11 is 0. The molecule has 0 aliphatic carbocycles. The highest BCUT2D eigenvalue weighted by molar-refractivity contribution is 5.37. The number of nitrogens with zero attached hydrogens (tertiary/aromatic N) is 1. The van der Waals surface area contributed by atoms with E-state index in [0.717, 1.165) is 12.1 Å². The molecule has 0 aromatic heterocycles. The quantitative estimate of drug-likeness (QED) is 0.614. The van der Waals surface area contributed by atoms with Crippen LogP contribution in [0.2, 0.25) is 0 Å². The minimum absolute atomic E-state index is 0.151. The van der Waals surface area contributed by atoms with Crippen LogP contribution in [0, 0.1) is 21.8 Å². The van der Waals surface area contributed by atoms with Gasteiger partial charge in [-0.15, -0.1) is 0 Å². The third kappa shape index (κ3) is 3.16. The number of nitro groups is 1. The topological polar surface area (TPSA) is 78.4 Å². The number of benzene rings is 1. The summed E-state index contributed by atoms with van der Waals surface area (Å²) in [6.07, 6.45) is 0. The Bertz CT molecular complexity index is 384. The Morgan fingerprint density at radius 1 is 1.62 bits per heavy atom. The zero-order chi connectivity index (χ0) is 12.1. The first-order valence-electron chi connectivity index (χ1n) is 4.81. The summed E-state index contributed by atoms with van der Waals surface area (Å²) in [6.45, 7) is 2.71. The number of ether oxygens (including phenoxy) is 1. The first-order chi connectivity index (χ1) is 7.54. The maximum absolute atomic E-state index is 13.2. The molecule has 5 nitrogen and oxygen atoms in total. The average molecular weight is 228 g/mol. The minimum atomic E-state index is -0.900. The second kappa shape index (κ2) is 5.41. The van der Waals surface area contributed by atoms with Crippen molar-refractivity contribution in [1.29, 1.82) is 0 Å². The van der Waals surface area contributed by atoms with Crippen molar-refractivity contribution in [3.8, 4) is 5.75 Å². The molecule has 1 aromatic carbocycles. The number of hydrogen-bond donors (Lipinski definition) is 1. The summed E-state index contributed by atoms with van der Waals surface area (Å²) in [5.74, 6) is -0.482. The molecule has 0 saturated heterocycles. The van der Waals surface area contributed by atoms with Gasteiger partial charge in [-0.3, -0.25) is 10.1 Å². The summed E-state index contributed by atoms with van der Waals surface area (Å²) in [6, 6.07) is 3.45. The summed E-state index contributed by atoms with van der Waals surface area (Å²) in [5, 5.41) is 10.4. The average Bonchev–Trinajstić information content (AvgIpc) is 2.25. The summed E-state index contributed by atoms with van der Waals surface area (Å²) in [4.78, 5) is 9.58. The molecule has 1 atom stereocenters. The fraction of sp³-hybridized carbons (Fsp3) is 0.400. The van der Waals surface area contributed by atoms with Crippen LogP contribution >= 0.6 is 0 Å². The highest BCUT2D eigenvalue weighted by Gasteiger charge is 2.14. The normalized spacial score (nSPS) is 12.2. The van der Waals surface area contributed by atoms with Crippen molar-refractivity contribution in [2.75, 3.05) is 13.2 Å². The van der Waals surface area contributed by atoms with Gasteiger partial charge in [-0.1, -0.05) is 6.92 Å². The molecule has 0 amide bonds. The van der Waals surface area contributed by atoms with E-state index in [1.807, 2.05) is 6.92 Å². The first kappa shape index (κ1) is 12.4. The first-order valence-corrected chi connectivity index (χ1v) is 4.81. The van der Waals surface area contributed by atoms with E-state index in [9.17, 15) is 14.5 Å². The van der Waals surface area contributed by atoms with Crippen LogP contribution in [-0.4, -0.2) is 18.1 Å². The fourth-order valence-electron chi connectivity index (χ4n) is 1.03. The molecule has 16 heavy (non-hydrogen) atoms. The van der Waals surface area contributed by atoms with Gasteiger partial charge in [0.25, 0.3) is 0 Å². The van der Waals surface area contributed by atoms with E-state index < -0.39 is 16.4 Å². The monoisotopic (exact) mass is 228 g/mol. The fourth-order valence-corrected chi connectivity index (χ4v) is 1.03. The minimum Gasteiger partial charge on any atom is -0.493 e. The van der Waals surface area contributed by atoms with E-state index in [0.29, 0.717) is 13.2 Å². The highest BCUT2D eigenvalue weighted by Crippen LogP contribution is 2.22. The smallest absolute Gasteiger partial charge is 0.305 e. The molecule has 0 aliphatic heterocycles. The molecule has 0 bridgehead atoms. The molecule has 1 unspecified atom stereocenters. The Morgan fingerprint density at radius 3 is 2.81 bits per heavy atom. The second-order valence-corrected chi connectivity index (χ2v) is 3.52. The zero-order valence-electron chi connectivity index (χ0n) is 8.85. The molecule has 1 aromatic rings. The van der Waals surface area contributed by atoms with E-state index in [2.05, 4.69) is 0 Å². The van der Waals surface area contributed by atoms with E-state index in [1.54, 1.807) is 0 Å². The second-order valence-electron chi connectivity index (χ2n) is 3.52. The van der Waals surface area contributed by atoms with Gasteiger partial charge in [0.05, 0.1) is 11.5 Å². The number of nitro benzene ring substituents is 1.